The van der Waals surface area contributed by atoms with Crippen LogP contribution in [0.5, 0.6) is 0 Å². The van der Waals surface area contributed by atoms with E-state index in [-0.39, 0.29) is 5.91 Å². The first-order chi connectivity index (χ1) is 12.3. The molecule has 0 saturated carbocycles. The Hall–Kier alpha value is -2.44. The molecule has 0 aliphatic carbocycles. The van der Waals surface area contributed by atoms with Crippen LogP contribution in [-0.2, 0) is 11.3 Å². The van der Waals surface area contributed by atoms with E-state index < -0.39 is 0 Å². The molecular weight excluding hydrogens is 316 g/mol. The van der Waals surface area contributed by atoms with E-state index in [1.54, 1.807) is 18.4 Å². The summed E-state index contributed by atoms with van der Waals surface area (Å²) in [6.45, 7) is 5.82. The Morgan fingerprint density at radius 1 is 1.08 bits per heavy atom. The van der Waals surface area contributed by atoms with E-state index in [2.05, 4.69) is 44.6 Å². The summed E-state index contributed by atoms with van der Waals surface area (Å²) in [6.07, 6.45) is 3.52. The van der Waals surface area contributed by atoms with Crippen molar-refractivity contribution >= 4 is 12.1 Å². The zero-order valence-corrected chi connectivity index (χ0v) is 14.3. The molecular formula is C19H24N4O2. The molecule has 0 radical (unpaired) electrons. The van der Waals surface area contributed by atoms with E-state index in [1.807, 2.05) is 6.07 Å². The first-order valence-corrected chi connectivity index (χ1v) is 8.63. The lowest BCUT2D eigenvalue weighted by Gasteiger charge is -2.34. The molecule has 6 heteroatoms. The molecule has 0 spiro atoms. The van der Waals surface area contributed by atoms with Crippen molar-refractivity contribution in [3.63, 3.8) is 0 Å². The Labute approximate surface area is 148 Å². The standard InChI is InChI=1S/C19H24N4O2/c24-19(21-20-15-18-7-4-14-25-18)8-9-22-10-12-23(13-11-22)16-17-5-2-1-3-6-17/h1-7,14-15H,8-13,16H2,(H,21,24). The zero-order chi connectivity index (χ0) is 17.3. The third-order valence-corrected chi connectivity index (χ3v) is 4.29. The molecule has 2 aromatic rings. The minimum absolute atomic E-state index is 0.0745. The normalized spacial score (nSPS) is 16.3. The first-order valence-electron chi connectivity index (χ1n) is 8.63. The highest BCUT2D eigenvalue weighted by Crippen LogP contribution is 2.08. The van der Waals surface area contributed by atoms with Crippen molar-refractivity contribution in [3.8, 4) is 0 Å². The number of hydrogen-bond acceptors (Lipinski definition) is 5. The van der Waals surface area contributed by atoms with Crippen molar-refractivity contribution in [2.75, 3.05) is 32.7 Å². The lowest BCUT2D eigenvalue weighted by Crippen LogP contribution is -2.46. The molecule has 1 aromatic heterocycles. The molecule has 2 heterocycles. The van der Waals surface area contributed by atoms with Crippen LogP contribution < -0.4 is 5.43 Å². The summed E-state index contributed by atoms with van der Waals surface area (Å²) < 4.78 is 5.11. The number of carbonyl (C=O) groups is 1. The first kappa shape index (κ1) is 17.4. The Kier molecular flexibility index (Phi) is 6.36. The Morgan fingerprint density at radius 2 is 1.84 bits per heavy atom. The number of hydrogen-bond donors (Lipinski definition) is 1. The van der Waals surface area contributed by atoms with Crippen molar-refractivity contribution in [2.24, 2.45) is 5.10 Å². The van der Waals surface area contributed by atoms with Gasteiger partial charge in [0.15, 0.2) is 0 Å². The average Bonchev–Trinajstić information content (AvgIpc) is 3.15. The summed E-state index contributed by atoms with van der Waals surface area (Å²) in [6, 6.07) is 14.1. The topological polar surface area (TPSA) is 61.1 Å². The number of nitrogens with zero attached hydrogens (tertiary/aromatic N) is 3. The predicted octanol–water partition coefficient (Wildman–Crippen LogP) is 1.94. The molecule has 0 atom stereocenters. The lowest BCUT2D eigenvalue weighted by molar-refractivity contribution is -0.121. The van der Waals surface area contributed by atoms with Gasteiger partial charge in [-0.2, -0.15) is 5.10 Å². The van der Waals surface area contributed by atoms with Gasteiger partial charge in [0.1, 0.15) is 5.76 Å². The van der Waals surface area contributed by atoms with Gasteiger partial charge in [0.2, 0.25) is 5.91 Å². The smallest absolute Gasteiger partial charge is 0.241 e. The fraction of sp³-hybridized carbons (Fsp3) is 0.368. The summed E-state index contributed by atoms with van der Waals surface area (Å²) in [4.78, 5) is 16.6. The van der Waals surface area contributed by atoms with Gasteiger partial charge in [0, 0.05) is 45.7 Å². The maximum absolute atomic E-state index is 11.8. The third kappa shape index (κ3) is 5.85. The van der Waals surface area contributed by atoms with E-state index in [1.165, 1.54) is 11.8 Å². The van der Waals surface area contributed by atoms with Crippen molar-refractivity contribution in [2.45, 2.75) is 13.0 Å². The number of furan rings is 1. The summed E-state index contributed by atoms with van der Waals surface area (Å²) >= 11 is 0. The minimum Gasteiger partial charge on any atom is -0.463 e. The molecule has 3 rings (SSSR count). The van der Waals surface area contributed by atoms with E-state index in [0.29, 0.717) is 12.2 Å². The van der Waals surface area contributed by atoms with Crippen molar-refractivity contribution in [1.29, 1.82) is 0 Å². The van der Waals surface area contributed by atoms with Crippen LogP contribution in [0.3, 0.4) is 0 Å². The second-order valence-corrected chi connectivity index (χ2v) is 6.16. The highest BCUT2D eigenvalue weighted by molar-refractivity contribution is 5.80. The van der Waals surface area contributed by atoms with E-state index in [0.717, 1.165) is 39.3 Å². The molecule has 0 bridgehead atoms. The Bertz CT molecular complexity index is 662. The second-order valence-electron chi connectivity index (χ2n) is 6.16. The van der Waals surface area contributed by atoms with Gasteiger partial charge in [0.25, 0.3) is 0 Å². The van der Waals surface area contributed by atoms with E-state index in [4.69, 9.17) is 4.42 Å². The fourth-order valence-electron chi connectivity index (χ4n) is 2.86. The molecule has 6 nitrogen and oxygen atoms in total. The summed E-state index contributed by atoms with van der Waals surface area (Å²) in [5.74, 6) is 0.546. The summed E-state index contributed by atoms with van der Waals surface area (Å²) in [5.41, 5.74) is 3.89. The van der Waals surface area contributed by atoms with Gasteiger partial charge in [-0.25, -0.2) is 5.43 Å². The number of rotatable bonds is 7. The highest BCUT2D eigenvalue weighted by atomic mass is 16.3. The molecule has 1 saturated heterocycles. The predicted molar refractivity (Wildman–Crippen MR) is 97.2 cm³/mol. The monoisotopic (exact) mass is 340 g/mol. The van der Waals surface area contributed by atoms with Gasteiger partial charge in [-0.05, 0) is 17.7 Å². The van der Waals surface area contributed by atoms with Crippen LogP contribution in [-0.4, -0.2) is 54.6 Å². The van der Waals surface area contributed by atoms with E-state index in [9.17, 15) is 4.79 Å². The van der Waals surface area contributed by atoms with Gasteiger partial charge in [-0.1, -0.05) is 30.3 Å². The molecule has 1 amide bonds. The van der Waals surface area contributed by atoms with E-state index >= 15 is 0 Å². The average molecular weight is 340 g/mol. The number of hydrazone groups is 1. The van der Waals surface area contributed by atoms with Gasteiger partial charge in [-0.3, -0.25) is 9.69 Å². The number of nitrogens with one attached hydrogen (secondary N) is 1. The van der Waals surface area contributed by atoms with Gasteiger partial charge >= 0.3 is 0 Å². The minimum atomic E-state index is -0.0745. The lowest BCUT2D eigenvalue weighted by atomic mass is 10.2. The van der Waals surface area contributed by atoms with Crippen molar-refractivity contribution in [3.05, 3.63) is 60.1 Å². The quantitative estimate of drug-likeness (QED) is 0.618. The maximum atomic E-state index is 11.8. The van der Waals surface area contributed by atoms with Gasteiger partial charge in [0.05, 0.1) is 12.5 Å². The molecule has 1 N–H and O–H groups in total. The Morgan fingerprint density at radius 3 is 2.56 bits per heavy atom. The van der Waals surface area contributed by atoms with Crippen LogP contribution in [0.1, 0.15) is 17.7 Å². The number of benzene rings is 1. The fourth-order valence-corrected chi connectivity index (χ4v) is 2.86. The SMILES string of the molecule is O=C(CCN1CCN(Cc2ccccc2)CC1)NN=Cc1ccco1. The summed E-state index contributed by atoms with van der Waals surface area (Å²) in [5, 5.41) is 3.89. The van der Waals surface area contributed by atoms with Gasteiger partial charge in [-0.15, -0.1) is 0 Å². The Balaban J connectivity index is 1.31. The van der Waals surface area contributed by atoms with Crippen molar-refractivity contribution < 1.29 is 9.21 Å². The summed E-state index contributed by atoms with van der Waals surface area (Å²) in [7, 11) is 0. The van der Waals surface area contributed by atoms with Crippen LogP contribution in [0, 0.1) is 0 Å². The molecule has 25 heavy (non-hydrogen) atoms. The molecule has 1 aromatic carbocycles. The van der Waals surface area contributed by atoms with Crippen LogP contribution in [0.4, 0.5) is 0 Å². The molecule has 0 unspecified atom stereocenters. The van der Waals surface area contributed by atoms with Crippen LogP contribution >= 0.6 is 0 Å². The second kappa shape index (κ2) is 9.15. The largest absolute Gasteiger partial charge is 0.463 e. The molecule has 1 aliphatic rings. The number of carbonyl (C=O) groups excluding carboxylic acids is 1. The molecule has 1 fully saturated rings. The zero-order valence-electron chi connectivity index (χ0n) is 14.3. The van der Waals surface area contributed by atoms with Crippen LogP contribution in [0.2, 0.25) is 0 Å². The molecule has 1 aliphatic heterocycles. The number of amides is 1. The third-order valence-electron chi connectivity index (χ3n) is 4.29. The van der Waals surface area contributed by atoms with Crippen molar-refractivity contribution in [1.82, 2.24) is 15.2 Å². The highest BCUT2D eigenvalue weighted by Gasteiger charge is 2.17. The van der Waals surface area contributed by atoms with Crippen LogP contribution in [0.15, 0.2) is 58.2 Å². The maximum Gasteiger partial charge on any atom is 0.241 e. The molecule has 132 valence electrons. The van der Waals surface area contributed by atoms with Gasteiger partial charge < -0.3 is 9.32 Å². The number of piperazine rings is 1. The van der Waals surface area contributed by atoms with Crippen LogP contribution in [0.25, 0.3) is 0 Å².